The van der Waals surface area contributed by atoms with Gasteiger partial charge in [0.05, 0.1) is 6.54 Å². The molecule has 6 nitrogen and oxygen atoms in total. The highest BCUT2D eigenvalue weighted by Crippen LogP contribution is 2.19. The van der Waals surface area contributed by atoms with E-state index in [0.29, 0.717) is 36.5 Å². The first-order chi connectivity index (χ1) is 12.4. The third kappa shape index (κ3) is 5.46. The minimum absolute atomic E-state index is 0.0718. The van der Waals surface area contributed by atoms with Crippen molar-refractivity contribution in [2.75, 3.05) is 32.8 Å². The van der Waals surface area contributed by atoms with Crippen LogP contribution in [0.2, 0.25) is 0 Å². The number of benzene rings is 1. The van der Waals surface area contributed by atoms with Crippen LogP contribution in [-0.4, -0.2) is 66.5 Å². The molecule has 2 rings (SSSR count). The highest BCUT2D eigenvalue weighted by molar-refractivity contribution is 5.94. The molecule has 0 aliphatic carbocycles. The maximum absolute atomic E-state index is 12.8. The fraction of sp³-hybridized carbons (Fsp3) is 0.600. The molecule has 6 heteroatoms. The van der Waals surface area contributed by atoms with Crippen LogP contribution in [0.4, 0.5) is 0 Å². The van der Waals surface area contributed by atoms with Crippen LogP contribution in [0, 0.1) is 0 Å². The van der Waals surface area contributed by atoms with Gasteiger partial charge in [0, 0.05) is 44.2 Å². The molecule has 26 heavy (non-hydrogen) atoms. The molecule has 1 atom stereocenters. The molecule has 0 saturated carbocycles. The standard InChI is InChI=1S/C20H31N3O3/c1-5-18-14-22(11-12-23(18)15(2)3)20(25)17-6-8-19(9-7-17)26-13-10-21-16(4)24/h6-9,15,18H,5,10-14H2,1-4H3,(H,21,24)/t18-/m1/s1. The van der Waals surface area contributed by atoms with E-state index in [1.807, 2.05) is 29.2 Å². The Morgan fingerprint density at radius 1 is 1.23 bits per heavy atom. The molecule has 0 radical (unpaired) electrons. The smallest absolute Gasteiger partial charge is 0.253 e. The third-order valence-electron chi connectivity index (χ3n) is 4.80. The van der Waals surface area contributed by atoms with Gasteiger partial charge in [0.25, 0.3) is 5.91 Å². The van der Waals surface area contributed by atoms with E-state index in [0.717, 1.165) is 26.1 Å². The molecule has 1 N–H and O–H groups in total. The molecular weight excluding hydrogens is 330 g/mol. The summed E-state index contributed by atoms with van der Waals surface area (Å²) in [4.78, 5) is 28.1. The summed E-state index contributed by atoms with van der Waals surface area (Å²) in [6, 6.07) is 8.17. The first kappa shape index (κ1) is 20.2. The number of amides is 2. The fourth-order valence-electron chi connectivity index (χ4n) is 3.37. The van der Waals surface area contributed by atoms with Crippen molar-refractivity contribution in [1.29, 1.82) is 0 Å². The molecule has 2 amide bonds. The lowest BCUT2D eigenvalue weighted by atomic mass is 10.1. The number of ether oxygens (including phenoxy) is 1. The number of carbonyl (C=O) groups excluding carboxylic acids is 2. The van der Waals surface area contributed by atoms with Crippen LogP contribution in [0.1, 0.15) is 44.5 Å². The molecule has 1 aliphatic heterocycles. The molecule has 0 aromatic heterocycles. The Hall–Kier alpha value is -2.08. The summed E-state index contributed by atoms with van der Waals surface area (Å²) in [6.07, 6.45) is 1.04. The SMILES string of the molecule is CC[C@@H]1CN(C(=O)c2ccc(OCCNC(C)=O)cc2)CCN1C(C)C. The van der Waals surface area contributed by atoms with Gasteiger partial charge in [-0.3, -0.25) is 14.5 Å². The van der Waals surface area contributed by atoms with E-state index < -0.39 is 0 Å². The average molecular weight is 361 g/mol. The van der Waals surface area contributed by atoms with Crippen molar-refractivity contribution < 1.29 is 14.3 Å². The van der Waals surface area contributed by atoms with Crippen LogP contribution in [0.15, 0.2) is 24.3 Å². The van der Waals surface area contributed by atoms with Gasteiger partial charge in [-0.25, -0.2) is 0 Å². The normalized spacial score (nSPS) is 18.0. The molecule has 1 saturated heterocycles. The van der Waals surface area contributed by atoms with E-state index in [9.17, 15) is 9.59 Å². The van der Waals surface area contributed by atoms with E-state index in [4.69, 9.17) is 4.74 Å². The zero-order chi connectivity index (χ0) is 19.1. The molecule has 1 aromatic rings. The second-order valence-corrected chi connectivity index (χ2v) is 7.00. The Bertz CT molecular complexity index is 601. The van der Waals surface area contributed by atoms with Crippen LogP contribution in [0.25, 0.3) is 0 Å². The zero-order valence-corrected chi connectivity index (χ0v) is 16.3. The zero-order valence-electron chi connectivity index (χ0n) is 16.3. The van der Waals surface area contributed by atoms with E-state index in [1.165, 1.54) is 6.92 Å². The van der Waals surface area contributed by atoms with Crippen LogP contribution < -0.4 is 10.1 Å². The molecule has 0 unspecified atom stereocenters. The van der Waals surface area contributed by atoms with Gasteiger partial charge in [0.2, 0.25) is 5.91 Å². The van der Waals surface area contributed by atoms with Crippen molar-refractivity contribution in [3.05, 3.63) is 29.8 Å². The second-order valence-electron chi connectivity index (χ2n) is 7.00. The molecule has 1 aromatic carbocycles. The van der Waals surface area contributed by atoms with Crippen molar-refractivity contribution in [3.8, 4) is 5.75 Å². The summed E-state index contributed by atoms with van der Waals surface area (Å²) < 4.78 is 5.57. The number of rotatable bonds is 7. The van der Waals surface area contributed by atoms with Crippen molar-refractivity contribution >= 4 is 11.8 Å². The first-order valence-electron chi connectivity index (χ1n) is 9.44. The van der Waals surface area contributed by atoms with Gasteiger partial charge in [-0.2, -0.15) is 0 Å². The Labute approximate surface area is 156 Å². The molecule has 0 bridgehead atoms. The largest absolute Gasteiger partial charge is 0.492 e. The molecular formula is C20H31N3O3. The predicted octanol–water partition coefficient (Wildman–Crippen LogP) is 2.15. The van der Waals surface area contributed by atoms with E-state index in [-0.39, 0.29) is 11.8 Å². The quantitative estimate of drug-likeness (QED) is 0.756. The number of nitrogens with zero attached hydrogens (tertiary/aromatic N) is 2. The second kappa shape index (κ2) is 9.57. The maximum Gasteiger partial charge on any atom is 0.253 e. The summed E-state index contributed by atoms with van der Waals surface area (Å²) in [7, 11) is 0. The lowest BCUT2D eigenvalue weighted by Crippen LogP contribution is -2.56. The fourth-order valence-corrected chi connectivity index (χ4v) is 3.37. The minimum Gasteiger partial charge on any atom is -0.492 e. The summed E-state index contributed by atoms with van der Waals surface area (Å²) in [5.41, 5.74) is 0.687. The Balaban J connectivity index is 1.90. The number of hydrogen-bond acceptors (Lipinski definition) is 4. The van der Waals surface area contributed by atoms with Gasteiger partial charge >= 0.3 is 0 Å². The number of carbonyl (C=O) groups is 2. The van der Waals surface area contributed by atoms with E-state index in [2.05, 4.69) is 31.0 Å². The van der Waals surface area contributed by atoms with Gasteiger partial charge in [0.15, 0.2) is 0 Å². The van der Waals surface area contributed by atoms with Crippen LogP contribution in [0.3, 0.4) is 0 Å². The van der Waals surface area contributed by atoms with Crippen molar-refractivity contribution in [3.63, 3.8) is 0 Å². The third-order valence-corrected chi connectivity index (χ3v) is 4.80. The number of piperazine rings is 1. The topological polar surface area (TPSA) is 61.9 Å². The lowest BCUT2D eigenvalue weighted by Gasteiger charge is -2.43. The van der Waals surface area contributed by atoms with Gasteiger partial charge < -0.3 is 15.0 Å². The highest BCUT2D eigenvalue weighted by atomic mass is 16.5. The minimum atomic E-state index is -0.0718. The Morgan fingerprint density at radius 3 is 2.50 bits per heavy atom. The van der Waals surface area contributed by atoms with Crippen molar-refractivity contribution in [1.82, 2.24) is 15.1 Å². The molecule has 1 aliphatic rings. The summed E-state index contributed by atoms with van der Waals surface area (Å²) in [6.45, 7) is 11.4. The van der Waals surface area contributed by atoms with Crippen molar-refractivity contribution in [2.45, 2.75) is 46.2 Å². The van der Waals surface area contributed by atoms with E-state index in [1.54, 1.807) is 0 Å². The lowest BCUT2D eigenvalue weighted by molar-refractivity contribution is -0.119. The van der Waals surface area contributed by atoms with E-state index >= 15 is 0 Å². The molecule has 144 valence electrons. The van der Waals surface area contributed by atoms with Gasteiger partial charge in [-0.15, -0.1) is 0 Å². The number of hydrogen-bond donors (Lipinski definition) is 1. The van der Waals surface area contributed by atoms with Crippen molar-refractivity contribution in [2.24, 2.45) is 0 Å². The molecule has 1 fully saturated rings. The molecule has 0 spiro atoms. The monoisotopic (exact) mass is 361 g/mol. The van der Waals surface area contributed by atoms with Crippen LogP contribution in [0.5, 0.6) is 5.75 Å². The number of nitrogens with one attached hydrogen (secondary N) is 1. The average Bonchev–Trinajstić information content (AvgIpc) is 2.64. The maximum atomic E-state index is 12.8. The summed E-state index contributed by atoms with van der Waals surface area (Å²) in [5.74, 6) is 0.706. The summed E-state index contributed by atoms with van der Waals surface area (Å²) in [5, 5.41) is 2.68. The Morgan fingerprint density at radius 2 is 1.92 bits per heavy atom. The highest BCUT2D eigenvalue weighted by Gasteiger charge is 2.30. The molecule has 1 heterocycles. The predicted molar refractivity (Wildman–Crippen MR) is 102 cm³/mol. The van der Waals surface area contributed by atoms with Gasteiger partial charge in [0.1, 0.15) is 12.4 Å². The van der Waals surface area contributed by atoms with Gasteiger partial charge in [-0.1, -0.05) is 6.92 Å². The summed E-state index contributed by atoms with van der Waals surface area (Å²) >= 11 is 0. The first-order valence-corrected chi connectivity index (χ1v) is 9.44. The van der Waals surface area contributed by atoms with Crippen LogP contribution in [-0.2, 0) is 4.79 Å². The Kier molecular flexibility index (Phi) is 7.45. The van der Waals surface area contributed by atoms with Crippen LogP contribution >= 0.6 is 0 Å². The van der Waals surface area contributed by atoms with Gasteiger partial charge in [-0.05, 0) is 44.5 Å².